The van der Waals surface area contributed by atoms with Crippen LogP contribution in [0.2, 0.25) is 0 Å². The van der Waals surface area contributed by atoms with Crippen molar-refractivity contribution in [1.82, 2.24) is 25.2 Å². The van der Waals surface area contributed by atoms with Gasteiger partial charge in [-0.25, -0.2) is 9.37 Å². The van der Waals surface area contributed by atoms with Crippen LogP contribution in [0.5, 0.6) is 0 Å². The molecule has 0 unspecified atom stereocenters. The minimum absolute atomic E-state index is 0.320. The lowest BCUT2D eigenvalue weighted by Gasteiger charge is -2.28. The van der Waals surface area contributed by atoms with E-state index in [-0.39, 0.29) is 5.82 Å². The van der Waals surface area contributed by atoms with Crippen molar-refractivity contribution in [3.05, 3.63) is 127 Å². The van der Waals surface area contributed by atoms with Crippen molar-refractivity contribution in [3.63, 3.8) is 0 Å². The first-order valence-corrected chi connectivity index (χ1v) is 15.6. The van der Waals surface area contributed by atoms with E-state index in [1.54, 1.807) is 12.4 Å². The number of halogens is 1. The lowest BCUT2D eigenvalue weighted by molar-refractivity contribution is 0.356. The Morgan fingerprint density at radius 3 is 2.57 bits per heavy atom. The number of hydrogen-bond donors (Lipinski definition) is 4. The average molecular weight is 620 g/mol. The number of aromatic amines is 1. The first-order chi connectivity index (χ1) is 22.1. The molecule has 0 amide bonds. The molecule has 0 radical (unpaired) electrons. The number of nitrogens with two attached hydrogens (primary N) is 1. The van der Waals surface area contributed by atoms with E-state index < -0.39 is 0 Å². The summed E-state index contributed by atoms with van der Waals surface area (Å²) in [7, 11) is 3.99. The quantitative estimate of drug-likeness (QED) is 0.0941. The van der Waals surface area contributed by atoms with Gasteiger partial charge in [0, 0.05) is 58.8 Å². The third kappa shape index (κ3) is 8.82. The Bertz CT molecular complexity index is 1760. The molecule has 0 aliphatic heterocycles. The number of anilines is 2. The van der Waals surface area contributed by atoms with Crippen molar-refractivity contribution < 1.29 is 4.39 Å². The number of H-pyrrole nitrogens is 1. The zero-order chi connectivity index (χ0) is 33.2. The summed E-state index contributed by atoms with van der Waals surface area (Å²) in [6, 6.07) is 12.4. The summed E-state index contributed by atoms with van der Waals surface area (Å²) in [5.74, 6) is 0.946. The molecule has 1 saturated carbocycles. The van der Waals surface area contributed by atoms with Crippen LogP contribution in [-0.2, 0) is 0 Å². The lowest BCUT2D eigenvalue weighted by atomic mass is 9.83. The Hall–Kier alpha value is -4.95. The van der Waals surface area contributed by atoms with E-state index in [1.807, 2.05) is 57.4 Å². The molecule has 0 saturated heterocycles. The maximum atomic E-state index is 14.4. The number of hydrogen-bond acceptors (Lipinski definition) is 6. The van der Waals surface area contributed by atoms with Crippen LogP contribution < -0.4 is 16.4 Å². The number of benzene rings is 2. The Balaban J connectivity index is 0.000000270. The minimum Gasteiger partial charge on any atom is -0.398 e. The first-order valence-electron chi connectivity index (χ1n) is 15.6. The zero-order valence-electron chi connectivity index (χ0n) is 27.5. The minimum atomic E-state index is -0.320. The predicted molar refractivity (Wildman–Crippen MR) is 193 cm³/mol. The number of allylic oxidation sites excluding steroid dienone is 5. The number of nitrogens with zero attached hydrogens (tertiary/aromatic N) is 3. The smallest absolute Gasteiger partial charge is 0.138 e. The summed E-state index contributed by atoms with van der Waals surface area (Å²) in [6.07, 6.45) is 13.3. The molecule has 1 fully saturated rings. The van der Waals surface area contributed by atoms with E-state index in [4.69, 9.17) is 10.7 Å². The molecule has 5 rings (SSSR count). The van der Waals surface area contributed by atoms with Gasteiger partial charge >= 0.3 is 0 Å². The van der Waals surface area contributed by atoms with Crippen LogP contribution >= 0.6 is 0 Å². The Kier molecular flexibility index (Phi) is 11.7. The second kappa shape index (κ2) is 15.9. The first kappa shape index (κ1) is 33.9. The Morgan fingerprint density at radius 1 is 1.15 bits per heavy atom. The monoisotopic (exact) mass is 619 g/mol. The number of fused-ring (bicyclic) bond motifs is 1. The number of rotatable bonds is 12. The molecule has 2 aromatic carbocycles. The molecule has 8 heteroatoms. The highest BCUT2D eigenvalue weighted by molar-refractivity contribution is 5.94. The molecule has 4 aromatic rings. The molecule has 46 heavy (non-hydrogen) atoms. The number of likely N-dealkylation sites (N-methyl/N-ethyl adjacent to an activating group) is 1. The van der Waals surface area contributed by atoms with Gasteiger partial charge in [0.1, 0.15) is 11.6 Å². The molecule has 2 aromatic heterocycles. The molecule has 2 heterocycles. The van der Waals surface area contributed by atoms with Crippen LogP contribution in [-0.4, -0.2) is 47.0 Å². The maximum Gasteiger partial charge on any atom is 0.138 e. The predicted octanol–water partition coefficient (Wildman–Crippen LogP) is 8.31. The lowest BCUT2D eigenvalue weighted by Crippen LogP contribution is -2.23. The van der Waals surface area contributed by atoms with Crippen LogP contribution in [0.4, 0.5) is 15.8 Å². The fraction of sp³-hybridized carbons (Fsp3) is 0.263. The second-order valence-corrected chi connectivity index (χ2v) is 11.8. The van der Waals surface area contributed by atoms with Crippen LogP contribution in [0.3, 0.4) is 0 Å². The molecule has 0 atom stereocenters. The van der Waals surface area contributed by atoms with Gasteiger partial charge in [0.2, 0.25) is 0 Å². The van der Waals surface area contributed by atoms with Gasteiger partial charge in [-0.1, -0.05) is 56.0 Å². The fourth-order valence-corrected chi connectivity index (χ4v) is 4.98. The van der Waals surface area contributed by atoms with Crippen molar-refractivity contribution in [1.29, 1.82) is 0 Å². The number of imidazole rings is 1. The highest BCUT2D eigenvalue weighted by Crippen LogP contribution is 2.33. The standard InChI is InChI=1S/C24H25FN6.C14H21N/c1-15(19-6-4-5-7-21(19)26)24-29-22-14-27-13-20(23(22)30-24)16-10-17(25)12-18(11-16)28-8-9-31(2)3;1-5-11(3)10-14(6-2)15-12(4)13-8-7-9-13/h4-7,10-14,28H,1,8-9,26H2,2-3H3,(H,29,30);5-6,10,13,15H,2,4,7-9H2,1,3H3/b;11-5-,14-10+. The second-order valence-electron chi connectivity index (χ2n) is 11.8. The van der Waals surface area contributed by atoms with Crippen LogP contribution in [0.1, 0.15) is 44.5 Å². The maximum absolute atomic E-state index is 14.4. The molecule has 1 aliphatic carbocycles. The third-order valence-corrected chi connectivity index (χ3v) is 8.02. The summed E-state index contributed by atoms with van der Waals surface area (Å²) in [5, 5.41) is 6.61. The molecular formula is C38H46FN7. The number of pyridine rings is 1. The highest BCUT2D eigenvalue weighted by atomic mass is 19.1. The SMILES string of the molecule is C=C(c1nc2c(-c3cc(F)cc(NCCN(C)C)c3)cncc2[nH]1)c1ccccc1N.C=C/C(=C\C(C)=C/C)NC(=C)C1CCC1. The summed E-state index contributed by atoms with van der Waals surface area (Å²) in [6.45, 7) is 17.7. The van der Waals surface area contributed by atoms with E-state index in [0.717, 1.165) is 34.6 Å². The van der Waals surface area contributed by atoms with Crippen molar-refractivity contribution in [3.8, 4) is 11.1 Å². The van der Waals surface area contributed by atoms with E-state index in [2.05, 4.69) is 64.3 Å². The van der Waals surface area contributed by atoms with Gasteiger partial charge in [0.25, 0.3) is 0 Å². The number of nitrogen functional groups attached to an aromatic ring is 1. The number of para-hydroxylation sites is 1. The van der Waals surface area contributed by atoms with Gasteiger partial charge in [-0.15, -0.1) is 0 Å². The van der Waals surface area contributed by atoms with Crippen LogP contribution in [0.25, 0.3) is 27.7 Å². The van der Waals surface area contributed by atoms with E-state index in [1.165, 1.54) is 37.0 Å². The van der Waals surface area contributed by atoms with Gasteiger partial charge in [0.15, 0.2) is 0 Å². The van der Waals surface area contributed by atoms with Gasteiger partial charge in [-0.2, -0.15) is 0 Å². The summed E-state index contributed by atoms with van der Waals surface area (Å²) in [5.41, 5.74) is 15.2. The van der Waals surface area contributed by atoms with E-state index in [9.17, 15) is 4.39 Å². The Morgan fingerprint density at radius 2 is 1.91 bits per heavy atom. The van der Waals surface area contributed by atoms with E-state index >= 15 is 0 Å². The molecule has 7 nitrogen and oxygen atoms in total. The van der Waals surface area contributed by atoms with Gasteiger partial charge < -0.3 is 26.3 Å². The normalized spacial score (nSPS) is 13.5. The molecule has 1 aliphatic rings. The van der Waals surface area contributed by atoms with E-state index in [0.29, 0.717) is 46.3 Å². The van der Waals surface area contributed by atoms with Gasteiger partial charge in [0.05, 0.1) is 17.2 Å². The topological polar surface area (TPSA) is 94.9 Å². The molecule has 0 spiro atoms. The summed E-state index contributed by atoms with van der Waals surface area (Å²) < 4.78 is 14.4. The van der Waals surface area contributed by atoms with Crippen molar-refractivity contribution in [2.75, 3.05) is 38.2 Å². The molecule has 0 bridgehead atoms. The van der Waals surface area contributed by atoms with Crippen LogP contribution in [0.15, 0.2) is 110 Å². The van der Waals surface area contributed by atoms with Gasteiger partial charge in [-0.05, 0) is 88.7 Å². The fourth-order valence-electron chi connectivity index (χ4n) is 4.98. The molecule has 240 valence electrons. The van der Waals surface area contributed by atoms with Crippen molar-refractivity contribution >= 4 is 28.0 Å². The Labute approximate surface area is 272 Å². The summed E-state index contributed by atoms with van der Waals surface area (Å²) in [4.78, 5) is 14.4. The molecule has 5 N–H and O–H groups in total. The van der Waals surface area contributed by atoms with Crippen LogP contribution in [0, 0.1) is 11.7 Å². The largest absolute Gasteiger partial charge is 0.398 e. The van der Waals surface area contributed by atoms with Crippen molar-refractivity contribution in [2.45, 2.75) is 33.1 Å². The average Bonchev–Trinajstić information content (AvgIpc) is 3.44. The van der Waals surface area contributed by atoms with Gasteiger partial charge in [-0.3, -0.25) is 4.98 Å². The number of nitrogens with one attached hydrogen (secondary N) is 3. The van der Waals surface area contributed by atoms with Crippen molar-refractivity contribution in [2.24, 2.45) is 5.92 Å². The number of aromatic nitrogens is 3. The zero-order valence-corrected chi connectivity index (χ0v) is 27.5. The molecular weight excluding hydrogens is 573 g/mol. The third-order valence-electron chi connectivity index (χ3n) is 8.02. The summed E-state index contributed by atoms with van der Waals surface area (Å²) >= 11 is 0. The highest BCUT2D eigenvalue weighted by Gasteiger charge is 2.20.